The predicted octanol–water partition coefficient (Wildman–Crippen LogP) is 9.78. The van der Waals surface area contributed by atoms with Crippen LogP contribution in [0.5, 0.6) is 0 Å². The third-order valence-electron chi connectivity index (χ3n) is 11.0. The molecule has 4 N–H and O–H groups in total. The van der Waals surface area contributed by atoms with Crippen LogP contribution in [0.3, 0.4) is 0 Å². The van der Waals surface area contributed by atoms with Gasteiger partial charge in [0.25, 0.3) is 0 Å². The molecule has 2 unspecified atom stereocenters. The van der Waals surface area contributed by atoms with Gasteiger partial charge in [-0.2, -0.15) is 0 Å². The van der Waals surface area contributed by atoms with Crippen LogP contribution in [-0.2, 0) is 28.5 Å². The number of hydrogen-bond donors (Lipinski definition) is 4. The van der Waals surface area contributed by atoms with Crippen LogP contribution < -0.4 is 0 Å². The van der Waals surface area contributed by atoms with Gasteiger partial charge in [0.2, 0.25) is 0 Å². The molecule has 6 atom stereocenters. The molecule has 1 heterocycles. The summed E-state index contributed by atoms with van der Waals surface area (Å²) < 4.78 is 22.2. The number of rotatable bonds is 39. The van der Waals surface area contributed by atoms with Gasteiger partial charge >= 0.3 is 11.9 Å². The molecule has 55 heavy (non-hydrogen) atoms. The molecule has 1 aliphatic heterocycles. The minimum atomic E-state index is -1.59. The lowest BCUT2D eigenvalue weighted by molar-refractivity contribution is -0.305. The van der Waals surface area contributed by atoms with Crippen LogP contribution >= 0.6 is 0 Å². The Morgan fingerprint density at radius 3 is 1.24 bits per heavy atom. The maximum atomic E-state index is 12.8. The molecule has 0 aromatic carbocycles. The molecule has 326 valence electrons. The van der Waals surface area contributed by atoms with Crippen molar-refractivity contribution >= 4 is 11.9 Å². The van der Waals surface area contributed by atoms with E-state index in [2.05, 4.69) is 13.8 Å². The molecule has 0 spiro atoms. The normalized spacial score (nSPS) is 20.4. The topological polar surface area (TPSA) is 152 Å². The summed E-state index contributed by atoms with van der Waals surface area (Å²) in [6, 6.07) is 0. The van der Waals surface area contributed by atoms with Crippen LogP contribution in [-0.4, -0.2) is 89.0 Å². The van der Waals surface area contributed by atoms with E-state index < -0.39 is 49.4 Å². The van der Waals surface area contributed by atoms with Crippen molar-refractivity contribution in [2.45, 2.75) is 256 Å². The highest BCUT2D eigenvalue weighted by Crippen LogP contribution is 2.23. The minimum absolute atomic E-state index is 0.209. The Morgan fingerprint density at radius 1 is 0.491 bits per heavy atom. The summed E-state index contributed by atoms with van der Waals surface area (Å²) >= 11 is 0. The molecule has 1 rings (SSSR count). The monoisotopic (exact) mass is 787 g/mol. The summed E-state index contributed by atoms with van der Waals surface area (Å²) in [5.41, 5.74) is 0. The molecular formula is C45H86O10. The van der Waals surface area contributed by atoms with E-state index in [0.29, 0.717) is 6.42 Å². The molecule has 1 fully saturated rings. The Labute approximate surface area is 336 Å². The molecule has 1 aliphatic rings. The lowest BCUT2D eigenvalue weighted by Gasteiger charge is -2.39. The molecule has 1 saturated heterocycles. The lowest BCUT2D eigenvalue weighted by Crippen LogP contribution is -2.59. The highest BCUT2D eigenvalue weighted by atomic mass is 16.7. The van der Waals surface area contributed by atoms with Crippen LogP contribution in [0.15, 0.2) is 0 Å². The third-order valence-corrected chi connectivity index (χ3v) is 11.0. The number of aliphatic hydroxyl groups is 4. The summed E-state index contributed by atoms with van der Waals surface area (Å²) in [5, 5.41) is 40.1. The molecule has 10 nitrogen and oxygen atoms in total. The average Bonchev–Trinajstić information content (AvgIpc) is 3.18. The molecule has 0 saturated carbocycles. The van der Waals surface area contributed by atoms with Gasteiger partial charge in [0.15, 0.2) is 12.4 Å². The van der Waals surface area contributed by atoms with E-state index in [9.17, 15) is 30.0 Å². The average molecular weight is 787 g/mol. The van der Waals surface area contributed by atoms with Crippen molar-refractivity contribution < 1.29 is 49.0 Å². The van der Waals surface area contributed by atoms with E-state index >= 15 is 0 Å². The van der Waals surface area contributed by atoms with E-state index in [1.54, 1.807) is 0 Å². The Morgan fingerprint density at radius 2 is 0.855 bits per heavy atom. The smallest absolute Gasteiger partial charge is 0.306 e. The van der Waals surface area contributed by atoms with Gasteiger partial charge in [-0.3, -0.25) is 9.59 Å². The Bertz CT molecular complexity index is 871. The number of unbranched alkanes of at least 4 members (excludes halogenated alkanes) is 28. The van der Waals surface area contributed by atoms with Gasteiger partial charge in [0, 0.05) is 12.8 Å². The highest BCUT2D eigenvalue weighted by molar-refractivity contribution is 5.70. The second-order valence-electron chi connectivity index (χ2n) is 16.2. The quantitative estimate of drug-likeness (QED) is 0.0350. The van der Waals surface area contributed by atoms with Crippen molar-refractivity contribution in [3.63, 3.8) is 0 Å². The minimum Gasteiger partial charge on any atom is -0.462 e. The van der Waals surface area contributed by atoms with Crippen LogP contribution in [0.4, 0.5) is 0 Å². The van der Waals surface area contributed by atoms with Crippen molar-refractivity contribution in [3.05, 3.63) is 0 Å². The van der Waals surface area contributed by atoms with Gasteiger partial charge in [-0.1, -0.05) is 194 Å². The number of carbonyl (C=O) groups excluding carboxylic acids is 2. The molecule has 0 aromatic heterocycles. The first-order valence-corrected chi connectivity index (χ1v) is 23.1. The predicted molar refractivity (Wildman–Crippen MR) is 220 cm³/mol. The van der Waals surface area contributed by atoms with Crippen molar-refractivity contribution in [2.24, 2.45) is 0 Å². The van der Waals surface area contributed by atoms with Gasteiger partial charge in [-0.25, -0.2) is 0 Å². The summed E-state index contributed by atoms with van der Waals surface area (Å²) in [6.45, 7) is 3.45. The number of esters is 2. The standard InChI is InChI=1S/C45H86O10/c1-3-5-7-9-11-13-15-17-18-19-20-21-22-24-26-28-30-32-34-41(48)54-38(37-53-45-44(51)43(50)42(49)39(35-46)55-45)36-52-40(47)33-31-29-27-25-23-16-14-12-10-8-6-4-2/h38-39,42-46,49-51H,3-37H2,1-2H3/t38-,39-,42+,43?,44?,45-/m1/s1. The fraction of sp³-hybridized carbons (Fsp3) is 0.956. The van der Waals surface area contributed by atoms with Gasteiger partial charge in [-0.05, 0) is 12.8 Å². The Hall–Kier alpha value is -1.30. The lowest BCUT2D eigenvalue weighted by atomic mass is 9.99. The largest absolute Gasteiger partial charge is 0.462 e. The molecule has 10 heteroatoms. The van der Waals surface area contributed by atoms with Crippen LogP contribution in [0.2, 0.25) is 0 Å². The van der Waals surface area contributed by atoms with Crippen LogP contribution in [0, 0.1) is 0 Å². The highest BCUT2D eigenvalue weighted by Gasteiger charge is 2.44. The fourth-order valence-corrected chi connectivity index (χ4v) is 7.31. The molecule has 0 aliphatic carbocycles. The van der Waals surface area contributed by atoms with E-state index in [1.807, 2.05) is 0 Å². The van der Waals surface area contributed by atoms with Gasteiger partial charge in [-0.15, -0.1) is 0 Å². The second kappa shape index (κ2) is 37.0. The summed E-state index contributed by atoms with van der Waals surface area (Å²) in [4.78, 5) is 25.3. The maximum absolute atomic E-state index is 12.8. The number of aliphatic hydroxyl groups excluding tert-OH is 4. The number of ether oxygens (including phenoxy) is 4. The van der Waals surface area contributed by atoms with Crippen molar-refractivity contribution in [1.82, 2.24) is 0 Å². The van der Waals surface area contributed by atoms with Crippen molar-refractivity contribution in [3.8, 4) is 0 Å². The Kier molecular flexibility index (Phi) is 34.8. The molecule has 0 radical (unpaired) electrons. The van der Waals surface area contributed by atoms with Crippen molar-refractivity contribution in [2.75, 3.05) is 19.8 Å². The zero-order valence-electron chi connectivity index (χ0n) is 35.5. The Balaban J connectivity index is 2.29. The van der Waals surface area contributed by atoms with Crippen LogP contribution in [0.1, 0.15) is 219 Å². The third kappa shape index (κ3) is 28.7. The van der Waals surface area contributed by atoms with E-state index in [0.717, 1.165) is 38.5 Å². The fourth-order valence-electron chi connectivity index (χ4n) is 7.31. The first kappa shape index (κ1) is 51.7. The van der Waals surface area contributed by atoms with Crippen molar-refractivity contribution in [1.29, 1.82) is 0 Å². The summed E-state index contributed by atoms with van der Waals surface area (Å²) in [7, 11) is 0. The SMILES string of the molecule is CCCCCCCCCCCCCCCCCCCCC(=O)O[C@H](COC(=O)CCCCCCCCCCCCCC)CO[C@@H]1O[C@H](CO)[C@H](O)C(O)C1O. The number of hydrogen-bond acceptors (Lipinski definition) is 10. The first-order chi connectivity index (χ1) is 26.8. The van der Waals surface area contributed by atoms with E-state index in [-0.39, 0.29) is 32.0 Å². The zero-order chi connectivity index (χ0) is 40.2. The van der Waals surface area contributed by atoms with Gasteiger partial charge in [0.1, 0.15) is 31.0 Å². The second-order valence-corrected chi connectivity index (χ2v) is 16.2. The van der Waals surface area contributed by atoms with Gasteiger partial charge < -0.3 is 39.4 Å². The summed E-state index contributed by atoms with van der Waals surface area (Å²) in [5.74, 6) is -0.791. The molecular weight excluding hydrogens is 700 g/mol. The first-order valence-electron chi connectivity index (χ1n) is 23.1. The van der Waals surface area contributed by atoms with Gasteiger partial charge in [0.05, 0.1) is 13.2 Å². The summed E-state index contributed by atoms with van der Waals surface area (Å²) in [6.07, 6.45) is 29.7. The van der Waals surface area contributed by atoms with E-state index in [1.165, 1.54) is 148 Å². The molecule has 0 bridgehead atoms. The zero-order valence-corrected chi connectivity index (χ0v) is 35.5. The molecule has 0 amide bonds. The number of carbonyl (C=O) groups is 2. The van der Waals surface area contributed by atoms with Crippen LogP contribution in [0.25, 0.3) is 0 Å². The molecule has 0 aromatic rings. The van der Waals surface area contributed by atoms with E-state index in [4.69, 9.17) is 18.9 Å². The maximum Gasteiger partial charge on any atom is 0.306 e.